The van der Waals surface area contributed by atoms with Crippen LogP contribution in [-0.2, 0) is 18.8 Å². The standard InChI is InChI=1S/C22H27N5O4/c1-4-31-20-8-6-5-7-15(20)23-21(28)24-16-13-18-19(26(3)22(29)25(18)2)14-17(16)27-9-11-30-12-10-27/h5-8,13-14H,4,9-12H2,1-3H3,(H2,23,24,28). The minimum Gasteiger partial charge on any atom is -0.492 e. The molecule has 9 nitrogen and oxygen atoms in total. The fraction of sp³-hybridized carbons (Fsp3) is 0.364. The van der Waals surface area contributed by atoms with E-state index in [1.165, 1.54) is 0 Å². The van der Waals surface area contributed by atoms with Gasteiger partial charge in [-0.05, 0) is 31.2 Å². The minimum absolute atomic E-state index is 0.116. The number of aromatic nitrogens is 2. The van der Waals surface area contributed by atoms with Gasteiger partial charge in [0.2, 0.25) is 0 Å². The van der Waals surface area contributed by atoms with Crippen molar-refractivity contribution in [2.45, 2.75) is 6.92 Å². The number of amides is 2. The number of carbonyl (C=O) groups is 1. The molecule has 2 aromatic carbocycles. The molecular weight excluding hydrogens is 398 g/mol. The highest BCUT2D eigenvalue weighted by atomic mass is 16.5. The van der Waals surface area contributed by atoms with Crippen LogP contribution in [0.25, 0.3) is 11.0 Å². The number of hydrogen-bond acceptors (Lipinski definition) is 5. The number of morpholine rings is 1. The van der Waals surface area contributed by atoms with E-state index in [2.05, 4.69) is 15.5 Å². The van der Waals surface area contributed by atoms with E-state index in [1.807, 2.05) is 37.3 Å². The number of fused-ring (bicyclic) bond motifs is 1. The molecule has 1 saturated heterocycles. The van der Waals surface area contributed by atoms with E-state index in [0.29, 0.717) is 50.0 Å². The van der Waals surface area contributed by atoms with Crippen molar-refractivity contribution < 1.29 is 14.3 Å². The summed E-state index contributed by atoms with van der Waals surface area (Å²) in [4.78, 5) is 27.5. The van der Waals surface area contributed by atoms with Crippen molar-refractivity contribution in [2.75, 3.05) is 48.4 Å². The highest BCUT2D eigenvalue weighted by Crippen LogP contribution is 2.32. The first-order chi connectivity index (χ1) is 15.0. The van der Waals surface area contributed by atoms with Crippen LogP contribution in [0.3, 0.4) is 0 Å². The van der Waals surface area contributed by atoms with Crippen LogP contribution < -0.4 is 26.0 Å². The Morgan fingerprint density at radius 3 is 2.39 bits per heavy atom. The number of imidazole rings is 1. The van der Waals surface area contributed by atoms with E-state index in [9.17, 15) is 9.59 Å². The lowest BCUT2D eigenvalue weighted by atomic mass is 10.2. The Morgan fingerprint density at radius 2 is 1.68 bits per heavy atom. The van der Waals surface area contributed by atoms with Crippen LogP contribution in [0.4, 0.5) is 21.9 Å². The van der Waals surface area contributed by atoms with E-state index in [-0.39, 0.29) is 11.7 Å². The lowest BCUT2D eigenvalue weighted by Gasteiger charge is -2.30. The van der Waals surface area contributed by atoms with E-state index < -0.39 is 0 Å². The molecule has 31 heavy (non-hydrogen) atoms. The summed E-state index contributed by atoms with van der Waals surface area (Å²) in [6.45, 7) is 5.02. The topological polar surface area (TPSA) is 89.8 Å². The number of anilines is 3. The molecule has 1 aromatic heterocycles. The molecule has 0 atom stereocenters. The zero-order chi connectivity index (χ0) is 22.0. The van der Waals surface area contributed by atoms with Gasteiger partial charge >= 0.3 is 11.7 Å². The second-order valence-corrected chi connectivity index (χ2v) is 7.37. The van der Waals surface area contributed by atoms with Crippen molar-refractivity contribution >= 4 is 34.1 Å². The number of nitrogens with one attached hydrogen (secondary N) is 2. The zero-order valence-corrected chi connectivity index (χ0v) is 18.0. The molecule has 2 heterocycles. The third-order valence-electron chi connectivity index (χ3n) is 5.42. The molecule has 0 radical (unpaired) electrons. The molecule has 0 bridgehead atoms. The number of hydrogen-bond donors (Lipinski definition) is 2. The second kappa shape index (κ2) is 8.73. The van der Waals surface area contributed by atoms with Crippen molar-refractivity contribution in [3.05, 3.63) is 46.9 Å². The monoisotopic (exact) mass is 425 g/mol. The van der Waals surface area contributed by atoms with Gasteiger partial charge in [0, 0.05) is 27.2 Å². The Balaban J connectivity index is 1.69. The van der Waals surface area contributed by atoms with E-state index >= 15 is 0 Å². The Hall–Kier alpha value is -3.46. The fourth-order valence-electron chi connectivity index (χ4n) is 3.83. The third kappa shape index (κ3) is 4.09. The maximum atomic E-state index is 12.9. The van der Waals surface area contributed by atoms with Gasteiger partial charge in [0.25, 0.3) is 0 Å². The predicted molar refractivity (Wildman–Crippen MR) is 121 cm³/mol. The van der Waals surface area contributed by atoms with Gasteiger partial charge in [0.15, 0.2) is 0 Å². The smallest absolute Gasteiger partial charge is 0.328 e. The highest BCUT2D eigenvalue weighted by Gasteiger charge is 2.20. The molecule has 3 aromatic rings. The van der Waals surface area contributed by atoms with Gasteiger partial charge in [0.1, 0.15) is 5.75 Å². The maximum absolute atomic E-state index is 12.9. The lowest BCUT2D eigenvalue weighted by molar-refractivity contribution is 0.123. The number of nitrogens with zero attached hydrogens (tertiary/aromatic N) is 3. The van der Waals surface area contributed by atoms with E-state index in [1.54, 1.807) is 29.3 Å². The molecule has 0 saturated carbocycles. The Bertz CT molecular complexity index is 1160. The highest BCUT2D eigenvalue weighted by molar-refractivity contribution is 6.04. The molecule has 1 aliphatic heterocycles. The SMILES string of the molecule is CCOc1ccccc1NC(=O)Nc1cc2c(cc1N1CCOCC1)n(C)c(=O)n2C. The number of benzene rings is 2. The van der Waals surface area contributed by atoms with E-state index in [4.69, 9.17) is 9.47 Å². The van der Waals surface area contributed by atoms with Gasteiger partial charge < -0.3 is 25.0 Å². The largest absolute Gasteiger partial charge is 0.492 e. The molecule has 1 aliphatic rings. The van der Waals surface area contributed by atoms with E-state index in [0.717, 1.165) is 16.7 Å². The van der Waals surface area contributed by atoms with Crippen molar-refractivity contribution in [3.8, 4) is 5.75 Å². The molecule has 4 rings (SSSR count). The first kappa shape index (κ1) is 20.8. The molecular formula is C22H27N5O4. The summed E-state index contributed by atoms with van der Waals surface area (Å²) in [6.07, 6.45) is 0. The van der Waals surface area contributed by atoms with Crippen LogP contribution in [0.15, 0.2) is 41.2 Å². The molecule has 164 valence electrons. The number of para-hydroxylation sites is 2. The van der Waals surface area contributed by atoms with Crippen LogP contribution in [0.5, 0.6) is 5.75 Å². The first-order valence-electron chi connectivity index (χ1n) is 10.3. The van der Waals surface area contributed by atoms with Crippen molar-refractivity contribution in [2.24, 2.45) is 14.1 Å². The Morgan fingerprint density at radius 1 is 1.03 bits per heavy atom. The maximum Gasteiger partial charge on any atom is 0.328 e. The number of urea groups is 1. The molecule has 0 aliphatic carbocycles. The molecule has 2 amide bonds. The van der Waals surface area contributed by atoms with Gasteiger partial charge in [-0.3, -0.25) is 9.13 Å². The van der Waals surface area contributed by atoms with Crippen molar-refractivity contribution in [1.82, 2.24) is 9.13 Å². The summed E-state index contributed by atoms with van der Waals surface area (Å²) in [5.41, 5.74) is 3.50. The third-order valence-corrected chi connectivity index (χ3v) is 5.42. The van der Waals surface area contributed by atoms with Gasteiger partial charge in [-0.1, -0.05) is 12.1 Å². The summed E-state index contributed by atoms with van der Waals surface area (Å²) in [5, 5.41) is 5.82. The average Bonchev–Trinajstić information content (AvgIpc) is 2.99. The van der Waals surface area contributed by atoms with Crippen molar-refractivity contribution in [3.63, 3.8) is 0 Å². The minimum atomic E-state index is -0.387. The predicted octanol–water partition coefficient (Wildman–Crippen LogP) is 2.76. The van der Waals surface area contributed by atoms with Crippen LogP contribution >= 0.6 is 0 Å². The number of ether oxygens (including phenoxy) is 2. The number of carbonyl (C=O) groups excluding carboxylic acids is 1. The summed E-state index contributed by atoms with van der Waals surface area (Å²) >= 11 is 0. The average molecular weight is 425 g/mol. The van der Waals surface area contributed by atoms with Crippen molar-refractivity contribution in [1.29, 1.82) is 0 Å². The van der Waals surface area contributed by atoms with Gasteiger partial charge in [-0.2, -0.15) is 0 Å². The number of aryl methyl sites for hydroxylation is 2. The molecule has 0 spiro atoms. The first-order valence-corrected chi connectivity index (χ1v) is 10.3. The summed E-state index contributed by atoms with van der Waals surface area (Å²) in [6, 6.07) is 10.7. The van der Waals surface area contributed by atoms with Crippen LogP contribution in [-0.4, -0.2) is 48.1 Å². The van der Waals surface area contributed by atoms with Crippen LogP contribution in [0, 0.1) is 0 Å². The van der Waals surface area contributed by atoms with Crippen LogP contribution in [0.2, 0.25) is 0 Å². The normalized spacial score (nSPS) is 14.0. The summed E-state index contributed by atoms with van der Waals surface area (Å²) in [5.74, 6) is 0.606. The Labute approximate surface area is 180 Å². The van der Waals surface area contributed by atoms with Gasteiger partial charge in [0.05, 0.1) is 47.9 Å². The molecule has 1 fully saturated rings. The van der Waals surface area contributed by atoms with Crippen LogP contribution in [0.1, 0.15) is 6.92 Å². The summed E-state index contributed by atoms with van der Waals surface area (Å²) in [7, 11) is 3.47. The Kier molecular flexibility index (Phi) is 5.85. The molecule has 2 N–H and O–H groups in total. The molecule has 9 heteroatoms. The quantitative estimate of drug-likeness (QED) is 0.656. The number of rotatable bonds is 5. The second-order valence-electron chi connectivity index (χ2n) is 7.37. The van der Waals surface area contributed by atoms with Gasteiger partial charge in [-0.15, -0.1) is 0 Å². The fourth-order valence-corrected chi connectivity index (χ4v) is 3.83. The van der Waals surface area contributed by atoms with Gasteiger partial charge in [-0.25, -0.2) is 9.59 Å². The lowest BCUT2D eigenvalue weighted by Crippen LogP contribution is -2.37. The molecule has 0 unspecified atom stereocenters. The summed E-state index contributed by atoms with van der Waals surface area (Å²) < 4.78 is 14.3. The zero-order valence-electron chi connectivity index (χ0n) is 18.0.